The first-order chi connectivity index (χ1) is 17.3. The van der Waals surface area contributed by atoms with Crippen LogP contribution in [-0.2, 0) is 10.1 Å². The van der Waals surface area contributed by atoms with Crippen molar-refractivity contribution < 1.29 is 48.7 Å². The molecule has 0 aliphatic carbocycles. The molecule has 0 saturated carbocycles. The maximum atomic E-state index is 10.8. The minimum absolute atomic E-state index is 0. The molecule has 0 atom stereocenters. The number of benzene rings is 4. The van der Waals surface area contributed by atoms with Crippen molar-refractivity contribution in [1.29, 1.82) is 0 Å². The van der Waals surface area contributed by atoms with E-state index in [2.05, 4.69) is 91.5 Å². The first-order valence-corrected chi connectivity index (χ1v) is 13.6. The standard InChI is InChI=1S/C30H31NO4S.Na.H/c1-23-5-9-25(10-6-23)26-11-15-28(16-12-26)31(27-13-7-24(2)8-14-27)29-17-19-30(20-18-29)35-21-3-4-22-36(32,33)34;;/h5-20H,3-4,21-22H2,1-2H3,(H,32,33,34);;/q;+1;-1. The molecule has 0 fully saturated rings. The Morgan fingerprint density at radius 2 is 1.08 bits per heavy atom. The van der Waals surface area contributed by atoms with Crippen molar-refractivity contribution in [2.75, 3.05) is 17.3 Å². The van der Waals surface area contributed by atoms with E-state index in [0.29, 0.717) is 25.2 Å². The summed E-state index contributed by atoms with van der Waals surface area (Å²) < 4.78 is 36.3. The number of nitrogens with zero attached hydrogens (tertiary/aromatic N) is 1. The number of unbranched alkanes of at least 4 members (excludes halogenated alkanes) is 1. The van der Waals surface area contributed by atoms with Crippen LogP contribution in [0, 0.1) is 13.8 Å². The molecule has 0 radical (unpaired) electrons. The van der Waals surface area contributed by atoms with E-state index in [1.807, 2.05) is 24.3 Å². The molecule has 0 amide bonds. The Bertz CT molecular complexity index is 1380. The number of hydrogen-bond acceptors (Lipinski definition) is 4. The molecule has 0 spiro atoms. The zero-order chi connectivity index (χ0) is 25.5. The van der Waals surface area contributed by atoms with E-state index in [1.165, 1.54) is 22.3 Å². The summed E-state index contributed by atoms with van der Waals surface area (Å²) in [6.07, 6.45) is 0.904. The zero-order valence-electron chi connectivity index (χ0n) is 22.6. The third-order valence-electron chi connectivity index (χ3n) is 5.96. The van der Waals surface area contributed by atoms with Gasteiger partial charge >= 0.3 is 29.6 Å². The van der Waals surface area contributed by atoms with Crippen molar-refractivity contribution in [2.24, 2.45) is 0 Å². The van der Waals surface area contributed by atoms with Gasteiger partial charge in [0, 0.05) is 17.1 Å². The quantitative estimate of drug-likeness (QED) is 0.186. The van der Waals surface area contributed by atoms with Gasteiger partial charge in [-0.25, -0.2) is 0 Å². The predicted molar refractivity (Wildman–Crippen MR) is 148 cm³/mol. The number of rotatable bonds is 10. The van der Waals surface area contributed by atoms with Gasteiger partial charge in [0.15, 0.2) is 0 Å². The molecular weight excluding hydrogens is 493 g/mol. The minimum Gasteiger partial charge on any atom is -1.00 e. The van der Waals surface area contributed by atoms with Crippen molar-refractivity contribution >= 4 is 27.2 Å². The average molecular weight is 526 g/mol. The maximum Gasteiger partial charge on any atom is 1.00 e. The fourth-order valence-corrected chi connectivity index (χ4v) is 4.53. The van der Waals surface area contributed by atoms with Gasteiger partial charge in [0.1, 0.15) is 5.75 Å². The Hall–Kier alpha value is -2.61. The van der Waals surface area contributed by atoms with E-state index in [9.17, 15) is 8.42 Å². The third-order valence-corrected chi connectivity index (χ3v) is 6.77. The monoisotopic (exact) mass is 525 g/mol. The molecule has 0 saturated heterocycles. The summed E-state index contributed by atoms with van der Waals surface area (Å²) in [6.45, 7) is 4.55. The molecule has 1 N–H and O–H groups in total. The largest absolute Gasteiger partial charge is 1.00 e. The molecule has 0 aliphatic rings. The number of anilines is 3. The second kappa shape index (κ2) is 13.3. The molecule has 4 aromatic rings. The zero-order valence-corrected chi connectivity index (χ0v) is 24.4. The van der Waals surface area contributed by atoms with Crippen LogP contribution >= 0.6 is 0 Å². The van der Waals surface area contributed by atoms with Crippen LogP contribution in [0.5, 0.6) is 5.75 Å². The molecule has 0 unspecified atom stereocenters. The molecule has 0 heterocycles. The molecule has 4 aromatic carbocycles. The molecule has 0 aromatic heterocycles. The molecule has 7 heteroatoms. The first-order valence-electron chi connectivity index (χ1n) is 12.0. The maximum absolute atomic E-state index is 10.8. The second-order valence-electron chi connectivity index (χ2n) is 8.92. The average Bonchev–Trinajstić information content (AvgIpc) is 2.86. The topological polar surface area (TPSA) is 66.8 Å². The van der Waals surface area contributed by atoms with Crippen LogP contribution in [-0.4, -0.2) is 25.3 Å². The van der Waals surface area contributed by atoms with Crippen molar-refractivity contribution in [2.45, 2.75) is 26.7 Å². The fourth-order valence-electron chi connectivity index (χ4n) is 3.96. The summed E-state index contributed by atoms with van der Waals surface area (Å²) in [5.41, 5.74) is 7.90. The van der Waals surface area contributed by atoms with E-state index in [-0.39, 0.29) is 36.7 Å². The van der Waals surface area contributed by atoms with E-state index in [1.54, 1.807) is 0 Å². The predicted octanol–water partition coefficient (Wildman–Crippen LogP) is 4.60. The Balaban J connectivity index is 0.00000253. The third kappa shape index (κ3) is 8.45. The minimum atomic E-state index is -3.92. The van der Waals surface area contributed by atoms with Crippen molar-refractivity contribution in [3.63, 3.8) is 0 Å². The molecule has 4 rings (SSSR count). The molecule has 0 aliphatic heterocycles. The van der Waals surface area contributed by atoms with E-state index in [0.717, 1.165) is 17.1 Å². The first kappa shape index (κ1) is 29.0. The smallest absolute Gasteiger partial charge is 1.00 e. The van der Waals surface area contributed by atoms with Gasteiger partial charge in [0.05, 0.1) is 12.4 Å². The van der Waals surface area contributed by atoms with Crippen LogP contribution in [0.25, 0.3) is 11.1 Å². The summed E-state index contributed by atoms with van der Waals surface area (Å²) in [4.78, 5) is 2.20. The van der Waals surface area contributed by atoms with Gasteiger partial charge in [-0.2, -0.15) is 8.42 Å². The van der Waals surface area contributed by atoms with Gasteiger partial charge in [-0.05, 0) is 86.3 Å². The Kier molecular flexibility index (Phi) is 10.4. The van der Waals surface area contributed by atoms with Crippen molar-refractivity contribution in [3.05, 3.63) is 108 Å². The number of ether oxygens (including phenoxy) is 1. The second-order valence-corrected chi connectivity index (χ2v) is 10.5. The van der Waals surface area contributed by atoms with Gasteiger partial charge in [0.2, 0.25) is 0 Å². The van der Waals surface area contributed by atoms with Crippen LogP contribution in [0.2, 0.25) is 0 Å². The van der Waals surface area contributed by atoms with E-state index in [4.69, 9.17) is 9.29 Å². The van der Waals surface area contributed by atoms with Gasteiger partial charge in [-0.15, -0.1) is 0 Å². The van der Waals surface area contributed by atoms with Gasteiger partial charge in [-0.1, -0.05) is 59.7 Å². The fraction of sp³-hybridized carbons (Fsp3) is 0.200. The van der Waals surface area contributed by atoms with Gasteiger partial charge in [0.25, 0.3) is 10.1 Å². The number of hydrogen-bond donors (Lipinski definition) is 1. The Morgan fingerprint density at radius 1 is 0.676 bits per heavy atom. The van der Waals surface area contributed by atoms with E-state index < -0.39 is 10.1 Å². The van der Waals surface area contributed by atoms with E-state index >= 15 is 0 Å². The van der Waals surface area contributed by atoms with Gasteiger partial charge < -0.3 is 11.1 Å². The summed E-state index contributed by atoms with van der Waals surface area (Å²) in [6, 6.07) is 33.4. The molecular formula is C30H32NNaO4S. The summed E-state index contributed by atoms with van der Waals surface area (Å²) in [5, 5.41) is 0. The summed E-state index contributed by atoms with van der Waals surface area (Å²) >= 11 is 0. The SMILES string of the molecule is Cc1ccc(-c2ccc(N(c3ccc(C)cc3)c3ccc(OCCCCS(=O)(=O)O)cc3)cc2)cc1.[H-].[Na+]. The Labute approximate surface area is 243 Å². The van der Waals surface area contributed by atoms with Crippen LogP contribution in [0.1, 0.15) is 25.4 Å². The van der Waals surface area contributed by atoms with Crippen LogP contribution in [0.15, 0.2) is 97.1 Å². The molecule has 5 nitrogen and oxygen atoms in total. The normalized spacial score (nSPS) is 11.0. The molecule has 37 heavy (non-hydrogen) atoms. The van der Waals surface area contributed by atoms with Crippen LogP contribution < -0.4 is 39.2 Å². The summed E-state index contributed by atoms with van der Waals surface area (Å²) in [7, 11) is -3.92. The van der Waals surface area contributed by atoms with Crippen molar-refractivity contribution in [1.82, 2.24) is 0 Å². The molecule has 0 bridgehead atoms. The van der Waals surface area contributed by atoms with Crippen LogP contribution in [0.4, 0.5) is 17.1 Å². The Morgan fingerprint density at radius 3 is 1.57 bits per heavy atom. The summed E-state index contributed by atoms with van der Waals surface area (Å²) in [5.74, 6) is 0.466. The number of aryl methyl sites for hydroxylation is 2. The van der Waals surface area contributed by atoms with Gasteiger partial charge in [-0.3, -0.25) is 4.55 Å². The van der Waals surface area contributed by atoms with Crippen LogP contribution in [0.3, 0.4) is 0 Å². The molecule has 188 valence electrons. The van der Waals surface area contributed by atoms with Crippen molar-refractivity contribution in [3.8, 4) is 16.9 Å².